The zero-order valence-corrected chi connectivity index (χ0v) is 11.5. The lowest BCUT2D eigenvalue weighted by Gasteiger charge is -2.34. The van der Waals surface area contributed by atoms with Gasteiger partial charge in [0.2, 0.25) is 0 Å². The van der Waals surface area contributed by atoms with Gasteiger partial charge in [-0.25, -0.2) is 4.39 Å². The van der Waals surface area contributed by atoms with Gasteiger partial charge in [-0.05, 0) is 24.5 Å². The summed E-state index contributed by atoms with van der Waals surface area (Å²) in [6.07, 6.45) is 0.677. The molecular weight excluding hydrogens is 269 g/mol. The van der Waals surface area contributed by atoms with E-state index in [1.165, 1.54) is 6.07 Å². The van der Waals surface area contributed by atoms with E-state index in [1.807, 2.05) is 11.8 Å². The molecule has 19 heavy (non-hydrogen) atoms. The van der Waals surface area contributed by atoms with Crippen LogP contribution in [-0.4, -0.2) is 29.1 Å². The number of carboxylic acids is 1. The zero-order valence-electron chi connectivity index (χ0n) is 10.8. The molecule has 104 valence electrons. The van der Waals surface area contributed by atoms with Crippen molar-refractivity contribution in [1.29, 1.82) is 0 Å². The molecule has 1 fully saturated rings. The van der Waals surface area contributed by atoms with Crippen LogP contribution >= 0.6 is 11.6 Å². The zero-order chi connectivity index (χ0) is 14.0. The summed E-state index contributed by atoms with van der Waals surface area (Å²) in [5.74, 6) is -1.21. The largest absolute Gasteiger partial charge is 0.481 e. The molecule has 0 amide bonds. The quantitative estimate of drug-likeness (QED) is 0.928. The van der Waals surface area contributed by atoms with Crippen LogP contribution < -0.4 is 0 Å². The highest BCUT2D eigenvalue weighted by Gasteiger charge is 2.30. The highest BCUT2D eigenvalue weighted by atomic mass is 35.5. The summed E-state index contributed by atoms with van der Waals surface area (Å²) in [4.78, 5) is 13.1. The SMILES string of the molecule is CC1CC(C(=O)O)CN(Cc2c(F)cccc2Cl)C1. The van der Waals surface area contributed by atoms with Gasteiger partial charge in [0.05, 0.1) is 5.92 Å². The van der Waals surface area contributed by atoms with Gasteiger partial charge in [0.1, 0.15) is 5.82 Å². The van der Waals surface area contributed by atoms with Crippen molar-refractivity contribution >= 4 is 17.6 Å². The molecule has 1 aliphatic rings. The molecule has 1 aliphatic heterocycles. The molecule has 3 nitrogen and oxygen atoms in total. The van der Waals surface area contributed by atoms with Gasteiger partial charge in [0.15, 0.2) is 0 Å². The lowest BCUT2D eigenvalue weighted by molar-refractivity contribution is -0.144. The number of aliphatic carboxylic acids is 1. The lowest BCUT2D eigenvalue weighted by Crippen LogP contribution is -2.42. The number of likely N-dealkylation sites (tertiary alicyclic amines) is 1. The number of piperidine rings is 1. The monoisotopic (exact) mass is 285 g/mol. The maximum atomic E-state index is 13.7. The minimum Gasteiger partial charge on any atom is -0.481 e. The maximum Gasteiger partial charge on any atom is 0.307 e. The molecule has 2 unspecified atom stereocenters. The van der Waals surface area contributed by atoms with Crippen LogP contribution in [0.3, 0.4) is 0 Å². The standard InChI is InChI=1S/C14H17ClFNO2/c1-9-5-10(14(18)19)7-17(6-9)8-11-12(15)3-2-4-13(11)16/h2-4,9-10H,5-8H2,1H3,(H,18,19). The van der Waals surface area contributed by atoms with Crippen molar-refractivity contribution in [1.82, 2.24) is 4.90 Å². The Balaban J connectivity index is 2.12. The minimum absolute atomic E-state index is 0.292. The van der Waals surface area contributed by atoms with Gasteiger partial charge in [-0.1, -0.05) is 24.6 Å². The fourth-order valence-electron chi connectivity index (χ4n) is 2.68. The van der Waals surface area contributed by atoms with Crippen LogP contribution in [0.2, 0.25) is 5.02 Å². The number of benzene rings is 1. The first-order valence-electron chi connectivity index (χ1n) is 6.35. The summed E-state index contributed by atoms with van der Waals surface area (Å²) in [6.45, 7) is 3.60. The first kappa shape index (κ1) is 14.3. The Morgan fingerprint density at radius 2 is 2.26 bits per heavy atom. The number of hydrogen-bond acceptors (Lipinski definition) is 2. The van der Waals surface area contributed by atoms with Gasteiger partial charge in [-0.2, -0.15) is 0 Å². The number of hydrogen-bond donors (Lipinski definition) is 1. The molecule has 0 bridgehead atoms. The summed E-state index contributed by atoms with van der Waals surface area (Å²) < 4.78 is 13.7. The van der Waals surface area contributed by atoms with Crippen molar-refractivity contribution in [3.63, 3.8) is 0 Å². The predicted octanol–water partition coefficient (Wildman–Crippen LogP) is 3.02. The second-order valence-corrected chi connectivity index (χ2v) is 5.68. The molecular formula is C14H17ClFNO2. The fourth-order valence-corrected chi connectivity index (χ4v) is 2.90. The van der Waals surface area contributed by atoms with E-state index < -0.39 is 5.97 Å². The van der Waals surface area contributed by atoms with E-state index in [9.17, 15) is 9.18 Å². The van der Waals surface area contributed by atoms with Gasteiger partial charge in [0, 0.05) is 30.2 Å². The van der Waals surface area contributed by atoms with Crippen LogP contribution in [0.5, 0.6) is 0 Å². The van der Waals surface area contributed by atoms with Crippen LogP contribution in [0.1, 0.15) is 18.9 Å². The third kappa shape index (κ3) is 3.45. The van der Waals surface area contributed by atoms with Crippen molar-refractivity contribution in [3.05, 3.63) is 34.6 Å². The Kier molecular flexibility index (Phi) is 4.42. The first-order valence-corrected chi connectivity index (χ1v) is 6.73. The van der Waals surface area contributed by atoms with Crippen LogP contribution in [0.4, 0.5) is 4.39 Å². The molecule has 1 aromatic carbocycles. The summed E-state index contributed by atoms with van der Waals surface area (Å²) in [7, 11) is 0. The predicted molar refractivity (Wildman–Crippen MR) is 71.6 cm³/mol. The third-order valence-electron chi connectivity index (χ3n) is 3.53. The molecule has 0 radical (unpaired) electrons. The Hall–Kier alpha value is -1.13. The average Bonchev–Trinajstić information content (AvgIpc) is 2.33. The first-order chi connectivity index (χ1) is 8.97. The van der Waals surface area contributed by atoms with Gasteiger partial charge < -0.3 is 5.11 Å². The van der Waals surface area contributed by atoms with Crippen LogP contribution in [-0.2, 0) is 11.3 Å². The smallest absolute Gasteiger partial charge is 0.307 e. The Labute approximate surface area is 117 Å². The maximum absolute atomic E-state index is 13.7. The normalized spacial score (nSPS) is 24.4. The Bertz CT molecular complexity index is 460. The fraction of sp³-hybridized carbons (Fsp3) is 0.500. The molecule has 2 rings (SSSR count). The molecule has 1 N–H and O–H groups in total. The van der Waals surface area contributed by atoms with Crippen molar-refractivity contribution in [2.45, 2.75) is 19.9 Å². The van der Waals surface area contributed by atoms with Gasteiger partial charge in [-0.3, -0.25) is 9.69 Å². The van der Waals surface area contributed by atoms with E-state index >= 15 is 0 Å². The van der Waals surface area contributed by atoms with Crippen molar-refractivity contribution in [2.24, 2.45) is 11.8 Å². The summed E-state index contributed by atoms with van der Waals surface area (Å²) >= 11 is 6.00. The highest BCUT2D eigenvalue weighted by Crippen LogP contribution is 2.26. The molecule has 0 aromatic heterocycles. The van der Waals surface area contributed by atoms with Crippen LogP contribution in [0.15, 0.2) is 18.2 Å². The molecule has 1 heterocycles. The minimum atomic E-state index is -0.781. The van der Waals surface area contributed by atoms with Crippen molar-refractivity contribution in [2.75, 3.05) is 13.1 Å². The van der Waals surface area contributed by atoms with Gasteiger partial charge >= 0.3 is 5.97 Å². The molecule has 0 saturated carbocycles. The lowest BCUT2D eigenvalue weighted by atomic mass is 9.90. The number of carboxylic acid groups (broad SMARTS) is 1. The number of halogens is 2. The molecule has 0 spiro atoms. The van der Waals surface area contributed by atoms with E-state index in [4.69, 9.17) is 16.7 Å². The molecule has 1 saturated heterocycles. The topological polar surface area (TPSA) is 40.5 Å². The Morgan fingerprint density at radius 3 is 2.89 bits per heavy atom. The number of carbonyl (C=O) groups is 1. The number of rotatable bonds is 3. The van der Waals surface area contributed by atoms with E-state index in [2.05, 4.69) is 0 Å². The van der Waals surface area contributed by atoms with Crippen molar-refractivity contribution in [3.8, 4) is 0 Å². The van der Waals surface area contributed by atoms with Crippen molar-refractivity contribution < 1.29 is 14.3 Å². The number of nitrogens with zero attached hydrogens (tertiary/aromatic N) is 1. The van der Waals surface area contributed by atoms with E-state index in [-0.39, 0.29) is 11.7 Å². The summed E-state index contributed by atoms with van der Waals surface area (Å²) in [5, 5.41) is 9.52. The highest BCUT2D eigenvalue weighted by molar-refractivity contribution is 6.31. The van der Waals surface area contributed by atoms with Crippen LogP contribution in [0, 0.1) is 17.7 Å². The molecule has 2 atom stereocenters. The molecule has 1 aromatic rings. The van der Waals surface area contributed by atoms with E-state index in [0.29, 0.717) is 36.0 Å². The summed E-state index contributed by atoms with van der Waals surface area (Å²) in [5.41, 5.74) is 0.447. The van der Waals surface area contributed by atoms with E-state index in [1.54, 1.807) is 12.1 Å². The van der Waals surface area contributed by atoms with Gasteiger partial charge in [0.25, 0.3) is 0 Å². The van der Waals surface area contributed by atoms with Gasteiger partial charge in [-0.15, -0.1) is 0 Å². The van der Waals surface area contributed by atoms with E-state index in [0.717, 1.165) is 6.54 Å². The Morgan fingerprint density at radius 1 is 1.53 bits per heavy atom. The molecule has 5 heteroatoms. The second kappa shape index (κ2) is 5.88. The second-order valence-electron chi connectivity index (χ2n) is 5.27. The molecule has 0 aliphatic carbocycles. The summed E-state index contributed by atoms with van der Waals surface area (Å²) in [6, 6.07) is 4.60. The average molecular weight is 286 g/mol. The van der Waals surface area contributed by atoms with Crippen LogP contribution in [0.25, 0.3) is 0 Å². The third-order valence-corrected chi connectivity index (χ3v) is 3.88.